The molecule has 4 N–H and O–H groups in total. The first-order valence-electron chi connectivity index (χ1n) is 5.65. The first kappa shape index (κ1) is 12.3. The Morgan fingerprint density at radius 3 is 2.73 bits per heavy atom. The molecule has 1 aliphatic heterocycles. The summed E-state index contributed by atoms with van der Waals surface area (Å²) in [5, 5.41) is 14.5. The lowest BCUT2D eigenvalue weighted by Gasteiger charge is -2.31. The summed E-state index contributed by atoms with van der Waals surface area (Å²) < 4.78 is 0. The maximum atomic E-state index is 8.35. The number of hydrogen-bond acceptors (Lipinski definition) is 4. The Morgan fingerprint density at radius 2 is 2.20 bits per heavy atom. The number of nitrogens with zero attached hydrogens (tertiary/aromatic N) is 2. The molecule has 5 nitrogen and oxygen atoms in total. The third kappa shape index (κ3) is 4.48. The number of rotatable bonds is 5. The average Bonchev–Trinajstić information content (AvgIpc) is 2.29. The van der Waals surface area contributed by atoms with Crippen LogP contribution in [0.1, 0.15) is 19.8 Å². The number of hydrogen-bond donors (Lipinski definition) is 3. The summed E-state index contributed by atoms with van der Waals surface area (Å²) in [6.45, 7) is 7.21. The number of amidine groups is 1. The topological polar surface area (TPSA) is 73.9 Å². The Bertz CT molecular complexity index is 200. The number of oxime groups is 1. The van der Waals surface area contributed by atoms with E-state index >= 15 is 0 Å². The molecular weight excluding hydrogens is 192 g/mol. The Hall–Kier alpha value is -0.810. The highest BCUT2D eigenvalue weighted by Crippen LogP contribution is 2.15. The minimum atomic E-state index is 0.251. The zero-order chi connectivity index (χ0) is 11.1. The first-order chi connectivity index (χ1) is 7.26. The van der Waals surface area contributed by atoms with Crippen LogP contribution in [0.3, 0.4) is 0 Å². The van der Waals surface area contributed by atoms with Crippen LogP contribution in [0.2, 0.25) is 0 Å². The molecule has 15 heavy (non-hydrogen) atoms. The molecule has 5 heteroatoms. The second-order valence-corrected chi connectivity index (χ2v) is 4.10. The SMILES string of the molecule is CCN1CCC(CNCC(N)=NO)CC1. The van der Waals surface area contributed by atoms with Crippen molar-refractivity contribution in [2.75, 3.05) is 32.7 Å². The molecule has 0 bridgehead atoms. The molecule has 88 valence electrons. The first-order valence-corrected chi connectivity index (χ1v) is 5.65. The second-order valence-electron chi connectivity index (χ2n) is 4.10. The van der Waals surface area contributed by atoms with Crippen LogP contribution in [0, 0.1) is 5.92 Å². The highest BCUT2D eigenvalue weighted by molar-refractivity contribution is 5.81. The summed E-state index contributed by atoms with van der Waals surface area (Å²) in [6, 6.07) is 0. The summed E-state index contributed by atoms with van der Waals surface area (Å²) in [5.74, 6) is 0.986. The van der Waals surface area contributed by atoms with Crippen molar-refractivity contribution in [3.8, 4) is 0 Å². The standard InChI is InChI=1S/C10H22N4O/c1-2-14-5-3-9(4-6-14)7-12-8-10(11)13-15/h9,12,15H,2-8H2,1H3,(H2,11,13). The predicted octanol–water partition coefficient (Wildman–Crippen LogP) is 0.0543. The maximum absolute atomic E-state index is 8.35. The number of piperidine rings is 1. The molecule has 1 saturated heterocycles. The molecular formula is C10H22N4O. The van der Waals surface area contributed by atoms with Crippen molar-refractivity contribution < 1.29 is 5.21 Å². The van der Waals surface area contributed by atoms with Gasteiger partial charge >= 0.3 is 0 Å². The Balaban J connectivity index is 2.08. The molecule has 1 heterocycles. The smallest absolute Gasteiger partial charge is 0.153 e. The van der Waals surface area contributed by atoms with E-state index < -0.39 is 0 Å². The van der Waals surface area contributed by atoms with Gasteiger partial charge in [0.15, 0.2) is 5.84 Å². The lowest BCUT2D eigenvalue weighted by molar-refractivity contribution is 0.191. The lowest BCUT2D eigenvalue weighted by Crippen LogP contribution is -2.39. The molecule has 1 fully saturated rings. The molecule has 0 aromatic heterocycles. The number of nitrogens with two attached hydrogens (primary N) is 1. The quantitative estimate of drug-likeness (QED) is 0.262. The van der Waals surface area contributed by atoms with E-state index in [1.807, 2.05) is 0 Å². The summed E-state index contributed by atoms with van der Waals surface area (Å²) >= 11 is 0. The van der Waals surface area contributed by atoms with Gasteiger partial charge in [0.1, 0.15) is 0 Å². The fourth-order valence-electron chi connectivity index (χ4n) is 1.95. The van der Waals surface area contributed by atoms with Crippen LogP contribution in [0.5, 0.6) is 0 Å². The molecule has 0 aliphatic carbocycles. The van der Waals surface area contributed by atoms with Gasteiger partial charge in [0, 0.05) is 0 Å². The van der Waals surface area contributed by atoms with Crippen LogP contribution in [0.25, 0.3) is 0 Å². The Kier molecular flexibility index (Phi) is 5.42. The van der Waals surface area contributed by atoms with Crippen LogP contribution in [-0.4, -0.2) is 48.7 Å². The van der Waals surface area contributed by atoms with Crippen LogP contribution >= 0.6 is 0 Å². The van der Waals surface area contributed by atoms with Crippen LogP contribution in [0.15, 0.2) is 5.16 Å². The van der Waals surface area contributed by atoms with Gasteiger partial charge in [-0.1, -0.05) is 12.1 Å². The van der Waals surface area contributed by atoms with Crippen molar-refractivity contribution >= 4 is 5.84 Å². The van der Waals surface area contributed by atoms with Crippen molar-refractivity contribution in [1.29, 1.82) is 0 Å². The summed E-state index contributed by atoms with van der Waals surface area (Å²) in [6.07, 6.45) is 2.49. The van der Waals surface area contributed by atoms with Gasteiger partial charge in [-0.2, -0.15) is 0 Å². The number of likely N-dealkylation sites (tertiary alicyclic amines) is 1. The van der Waals surface area contributed by atoms with Gasteiger partial charge in [-0.25, -0.2) is 0 Å². The zero-order valence-electron chi connectivity index (χ0n) is 9.45. The van der Waals surface area contributed by atoms with Crippen molar-refractivity contribution in [3.05, 3.63) is 0 Å². The third-order valence-corrected chi connectivity index (χ3v) is 3.02. The van der Waals surface area contributed by atoms with Gasteiger partial charge in [-0.05, 0) is 44.9 Å². The summed E-state index contributed by atoms with van der Waals surface area (Å²) in [4.78, 5) is 2.47. The molecule has 0 atom stereocenters. The third-order valence-electron chi connectivity index (χ3n) is 3.02. The van der Waals surface area contributed by atoms with Crippen LogP contribution in [0.4, 0.5) is 0 Å². The summed E-state index contributed by atoms with van der Waals surface area (Å²) in [7, 11) is 0. The van der Waals surface area contributed by atoms with Gasteiger partial charge in [-0.3, -0.25) is 0 Å². The molecule has 0 saturated carbocycles. The minimum absolute atomic E-state index is 0.251. The monoisotopic (exact) mass is 214 g/mol. The number of nitrogens with one attached hydrogen (secondary N) is 1. The maximum Gasteiger partial charge on any atom is 0.153 e. The van der Waals surface area contributed by atoms with Gasteiger partial charge in [-0.15, -0.1) is 0 Å². The minimum Gasteiger partial charge on any atom is -0.409 e. The Morgan fingerprint density at radius 1 is 1.53 bits per heavy atom. The molecule has 1 rings (SSSR count). The van der Waals surface area contributed by atoms with Gasteiger partial charge in [0.25, 0.3) is 0 Å². The van der Waals surface area contributed by atoms with Crippen molar-refractivity contribution in [1.82, 2.24) is 10.2 Å². The molecule has 0 unspecified atom stereocenters. The molecule has 0 radical (unpaired) electrons. The van der Waals surface area contributed by atoms with Crippen molar-refractivity contribution in [2.24, 2.45) is 16.8 Å². The van der Waals surface area contributed by atoms with E-state index in [1.165, 1.54) is 25.9 Å². The molecule has 0 amide bonds. The zero-order valence-corrected chi connectivity index (χ0v) is 9.45. The van der Waals surface area contributed by atoms with E-state index in [2.05, 4.69) is 22.3 Å². The molecule has 0 aromatic carbocycles. The van der Waals surface area contributed by atoms with Crippen LogP contribution < -0.4 is 11.1 Å². The van der Waals surface area contributed by atoms with Gasteiger partial charge in [0.05, 0.1) is 6.54 Å². The fourth-order valence-corrected chi connectivity index (χ4v) is 1.95. The van der Waals surface area contributed by atoms with E-state index in [0.29, 0.717) is 6.54 Å². The largest absolute Gasteiger partial charge is 0.409 e. The normalized spacial score (nSPS) is 20.7. The summed E-state index contributed by atoms with van der Waals surface area (Å²) in [5.41, 5.74) is 5.36. The second kappa shape index (κ2) is 6.63. The molecule has 0 spiro atoms. The Labute approximate surface area is 91.3 Å². The van der Waals surface area contributed by atoms with E-state index in [0.717, 1.165) is 19.0 Å². The van der Waals surface area contributed by atoms with E-state index in [9.17, 15) is 0 Å². The molecule has 0 aromatic rings. The highest BCUT2D eigenvalue weighted by atomic mass is 16.4. The van der Waals surface area contributed by atoms with Crippen molar-refractivity contribution in [2.45, 2.75) is 19.8 Å². The van der Waals surface area contributed by atoms with Crippen molar-refractivity contribution in [3.63, 3.8) is 0 Å². The lowest BCUT2D eigenvalue weighted by atomic mass is 9.97. The fraction of sp³-hybridized carbons (Fsp3) is 0.900. The van der Waals surface area contributed by atoms with Gasteiger partial charge < -0.3 is 21.2 Å². The van der Waals surface area contributed by atoms with E-state index in [1.54, 1.807) is 0 Å². The molecule has 1 aliphatic rings. The predicted molar refractivity (Wildman–Crippen MR) is 61.1 cm³/mol. The highest BCUT2D eigenvalue weighted by Gasteiger charge is 2.17. The van der Waals surface area contributed by atoms with Crippen LogP contribution in [-0.2, 0) is 0 Å². The average molecular weight is 214 g/mol. The van der Waals surface area contributed by atoms with Gasteiger partial charge in [0.2, 0.25) is 0 Å². The van der Waals surface area contributed by atoms with E-state index in [-0.39, 0.29) is 5.84 Å². The van der Waals surface area contributed by atoms with E-state index in [4.69, 9.17) is 10.9 Å².